The number of methoxy groups -OCH3 is 1. The molecule has 0 unspecified atom stereocenters. The van der Waals surface area contributed by atoms with Gasteiger partial charge in [0, 0.05) is 29.0 Å². The molecule has 0 aliphatic rings. The zero-order valence-electron chi connectivity index (χ0n) is 18.1. The van der Waals surface area contributed by atoms with Crippen LogP contribution in [0.3, 0.4) is 0 Å². The SMILES string of the molecule is COC(=O)c1cccc(S(=O)(=O)N(Cc2cccs2)Cc2cc3ccc(C)cc3[nH]c2=O)c1. The molecule has 0 aliphatic heterocycles. The number of nitrogens with one attached hydrogen (secondary N) is 1. The second kappa shape index (κ2) is 9.30. The highest BCUT2D eigenvalue weighted by molar-refractivity contribution is 7.89. The molecule has 7 nitrogen and oxygen atoms in total. The second-order valence-electron chi connectivity index (χ2n) is 7.59. The largest absolute Gasteiger partial charge is 0.465 e. The van der Waals surface area contributed by atoms with Gasteiger partial charge in [-0.3, -0.25) is 4.79 Å². The summed E-state index contributed by atoms with van der Waals surface area (Å²) in [6.07, 6.45) is 0. The van der Waals surface area contributed by atoms with Gasteiger partial charge in [-0.15, -0.1) is 11.3 Å². The van der Waals surface area contributed by atoms with E-state index in [0.717, 1.165) is 15.8 Å². The lowest BCUT2D eigenvalue weighted by Crippen LogP contribution is -2.32. The average Bonchev–Trinajstić information content (AvgIpc) is 3.32. The summed E-state index contributed by atoms with van der Waals surface area (Å²) >= 11 is 1.43. The van der Waals surface area contributed by atoms with E-state index >= 15 is 0 Å². The molecule has 0 fully saturated rings. The zero-order chi connectivity index (χ0) is 23.6. The van der Waals surface area contributed by atoms with E-state index < -0.39 is 16.0 Å². The van der Waals surface area contributed by atoms with E-state index in [1.807, 2.05) is 42.6 Å². The van der Waals surface area contributed by atoms with Crippen molar-refractivity contribution in [2.75, 3.05) is 7.11 Å². The van der Waals surface area contributed by atoms with Crippen LogP contribution in [0.1, 0.15) is 26.4 Å². The smallest absolute Gasteiger partial charge is 0.337 e. The number of hydrogen-bond donors (Lipinski definition) is 1. The van der Waals surface area contributed by atoms with Gasteiger partial charge in [0.1, 0.15) is 0 Å². The van der Waals surface area contributed by atoms with Crippen molar-refractivity contribution in [3.63, 3.8) is 0 Å². The predicted molar refractivity (Wildman–Crippen MR) is 128 cm³/mol. The van der Waals surface area contributed by atoms with Crippen LogP contribution in [0.5, 0.6) is 0 Å². The van der Waals surface area contributed by atoms with Gasteiger partial charge in [0.25, 0.3) is 5.56 Å². The van der Waals surface area contributed by atoms with Crippen LogP contribution in [0.25, 0.3) is 10.9 Å². The van der Waals surface area contributed by atoms with E-state index in [1.165, 1.54) is 47.0 Å². The molecule has 0 saturated heterocycles. The second-order valence-corrected chi connectivity index (χ2v) is 10.6. The summed E-state index contributed by atoms with van der Waals surface area (Å²) in [6, 6.07) is 16.8. The molecule has 0 aliphatic carbocycles. The van der Waals surface area contributed by atoms with Crippen molar-refractivity contribution in [3.05, 3.63) is 98.0 Å². The Morgan fingerprint density at radius 2 is 1.88 bits per heavy atom. The lowest BCUT2D eigenvalue weighted by Gasteiger charge is -2.22. The number of aromatic amines is 1. The highest BCUT2D eigenvalue weighted by Crippen LogP contribution is 2.24. The Balaban J connectivity index is 1.77. The number of ether oxygens (including phenoxy) is 1. The van der Waals surface area contributed by atoms with E-state index in [0.29, 0.717) is 11.1 Å². The molecular weight excluding hydrogens is 460 g/mol. The predicted octanol–water partition coefficient (Wildman–Crippen LogP) is 4.08. The van der Waals surface area contributed by atoms with Crippen molar-refractivity contribution in [2.45, 2.75) is 24.9 Å². The third-order valence-electron chi connectivity index (χ3n) is 5.23. The van der Waals surface area contributed by atoms with Crippen LogP contribution in [0.15, 0.2) is 75.7 Å². The van der Waals surface area contributed by atoms with E-state index in [1.54, 1.807) is 6.07 Å². The van der Waals surface area contributed by atoms with Crippen LogP contribution in [-0.2, 0) is 27.8 Å². The number of sulfonamides is 1. The molecule has 2 aromatic carbocycles. The number of esters is 1. The van der Waals surface area contributed by atoms with Gasteiger partial charge < -0.3 is 9.72 Å². The number of carbonyl (C=O) groups excluding carboxylic acids is 1. The molecule has 1 N–H and O–H groups in total. The van der Waals surface area contributed by atoms with Gasteiger partial charge in [-0.05, 0) is 59.7 Å². The highest BCUT2D eigenvalue weighted by atomic mass is 32.2. The van der Waals surface area contributed by atoms with Crippen molar-refractivity contribution in [1.29, 1.82) is 0 Å². The van der Waals surface area contributed by atoms with Gasteiger partial charge >= 0.3 is 5.97 Å². The molecule has 0 radical (unpaired) electrons. The Morgan fingerprint density at radius 3 is 2.61 bits per heavy atom. The van der Waals surface area contributed by atoms with Crippen LogP contribution in [0.2, 0.25) is 0 Å². The van der Waals surface area contributed by atoms with E-state index in [-0.39, 0.29) is 29.1 Å². The Bertz CT molecular complexity index is 1470. The third kappa shape index (κ3) is 4.90. The summed E-state index contributed by atoms with van der Waals surface area (Å²) in [5, 5.41) is 2.68. The van der Waals surface area contributed by atoms with Gasteiger partial charge in [0.2, 0.25) is 10.0 Å². The number of benzene rings is 2. The Morgan fingerprint density at radius 1 is 1.06 bits per heavy atom. The molecule has 4 rings (SSSR count). The van der Waals surface area contributed by atoms with Crippen molar-refractivity contribution in [2.24, 2.45) is 0 Å². The molecule has 9 heteroatoms. The molecule has 0 spiro atoms. The number of thiophene rings is 1. The van der Waals surface area contributed by atoms with Crippen molar-refractivity contribution in [1.82, 2.24) is 9.29 Å². The fraction of sp³-hybridized carbons (Fsp3) is 0.167. The number of fused-ring (bicyclic) bond motifs is 1. The summed E-state index contributed by atoms with van der Waals surface area (Å²) < 4.78 is 33.2. The normalized spacial score (nSPS) is 11.7. The number of rotatable bonds is 7. The van der Waals surface area contributed by atoms with E-state index in [9.17, 15) is 18.0 Å². The maximum Gasteiger partial charge on any atom is 0.337 e. The summed E-state index contributed by atoms with van der Waals surface area (Å²) in [6.45, 7) is 1.90. The standard InChI is InChI=1S/C24H22N2O5S2/c1-16-8-9-17-12-19(23(27)25-22(17)11-16)14-26(15-20-6-4-10-32-20)33(29,30)21-7-3-5-18(13-21)24(28)31-2/h3-13H,14-15H2,1-2H3,(H,25,27). The Labute approximate surface area is 195 Å². The topological polar surface area (TPSA) is 96.5 Å². The lowest BCUT2D eigenvalue weighted by molar-refractivity contribution is 0.0600. The number of aryl methyl sites for hydroxylation is 1. The first-order valence-electron chi connectivity index (χ1n) is 10.1. The molecule has 0 saturated carbocycles. The average molecular weight is 483 g/mol. The van der Waals surface area contributed by atoms with Crippen LogP contribution in [0, 0.1) is 6.92 Å². The number of aromatic nitrogens is 1. The highest BCUT2D eigenvalue weighted by Gasteiger charge is 2.27. The molecular formula is C24H22N2O5S2. The molecule has 170 valence electrons. The van der Waals surface area contributed by atoms with Crippen LogP contribution >= 0.6 is 11.3 Å². The van der Waals surface area contributed by atoms with Gasteiger partial charge in [0.15, 0.2) is 0 Å². The fourth-order valence-electron chi connectivity index (χ4n) is 3.52. The number of hydrogen-bond acceptors (Lipinski definition) is 6. The molecule has 2 aromatic heterocycles. The number of pyridine rings is 1. The molecule has 0 atom stereocenters. The minimum Gasteiger partial charge on any atom is -0.465 e. The van der Waals surface area contributed by atoms with Crippen LogP contribution in [0.4, 0.5) is 0 Å². The van der Waals surface area contributed by atoms with Crippen molar-refractivity contribution < 1.29 is 17.9 Å². The van der Waals surface area contributed by atoms with Crippen molar-refractivity contribution in [3.8, 4) is 0 Å². The van der Waals surface area contributed by atoms with E-state index in [4.69, 9.17) is 4.74 Å². The van der Waals surface area contributed by atoms with Crippen LogP contribution < -0.4 is 5.56 Å². The lowest BCUT2D eigenvalue weighted by atomic mass is 10.1. The minimum absolute atomic E-state index is 0.0465. The summed E-state index contributed by atoms with van der Waals surface area (Å²) in [4.78, 5) is 28.4. The molecule has 2 heterocycles. The number of H-pyrrole nitrogens is 1. The molecule has 4 aromatic rings. The molecule has 33 heavy (non-hydrogen) atoms. The van der Waals surface area contributed by atoms with Crippen molar-refractivity contribution >= 4 is 38.2 Å². The first-order valence-corrected chi connectivity index (χ1v) is 12.4. The maximum atomic E-state index is 13.6. The van der Waals surface area contributed by atoms with Gasteiger partial charge in [-0.25, -0.2) is 13.2 Å². The molecule has 0 amide bonds. The van der Waals surface area contributed by atoms with Gasteiger partial charge in [-0.2, -0.15) is 4.31 Å². The van der Waals surface area contributed by atoms with Gasteiger partial charge in [0.05, 0.1) is 17.6 Å². The summed E-state index contributed by atoms with van der Waals surface area (Å²) in [7, 11) is -2.80. The number of nitrogens with zero attached hydrogens (tertiary/aromatic N) is 1. The molecule has 0 bridgehead atoms. The van der Waals surface area contributed by atoms with Gasteiger partial charge in [-0.1, -0.05) is 24.3 Å². The zero-order valence-corrected chi connectivity index (χ0v) is 19.7. The fourth-order valence-corrected chi connectivity index (χ4v) is 5.76. The quantitative estimate of drug-likeness (QED) is 0.401. The van der Waals surface area contributed by atoms with Crippen LogP contribution in [-0.4, -0.2) is 30.8 Å². The third-order valence-corrected chi connectivity index (χ3v) is 7.88. The first kappa shape index (κ1) is 22.9. The maximum absolute atomic E-state index is 13.6. The summed E-state index contributed by atoms with van der Waals surface area (Å²) in [5.74, 6) is -0.627. The summed E-state index contributed by atoms with van der Waals surface area (Å²) in [5.41, 5.74) is 1.83. The monoisotopic (exact) mass is 482 g/mol. The first-order chi connectivity index (χ1) is 15.8. The minimum atomic E-state index is -4.04. The van der Waals surface area contributed by atoms with E-state index in [2.05, 4.69) is 4.98 Å². The number of carbonyl (C=O) groups is 1. The Kier molecular flexibility index (Phi) is 6.46. The Hall–Kier alpha value is -3.27.